The van der Waals surface area contributed by atoms with Crippen molar-refractivity contribution in [2.24, 2.45) is 0 Å². The Balaban J connectivity index is 0.00000243. The fraction of sp³-hybridized carbons (Fsp3) is 0.294. The minimum Gasteiger partial charge on any atom is -0.329 e. The van der Waals surface area contributed by atoms with Crippen molar-refractivity contribution in [1.29, 1.82) is 0 Å². The van der Waals surface area contributed by atoms with Crippen LogP contribution in [0.2, 0.25) is 0 Å². The molecule has 1 fully saturated rings. The molecule has 26 heavy (non-hydrogen) atoms. The maximum absolute atomic E-state index is 13.6. The highest BCUT2D eigenvalue weighted by Gasteiger charge is 2.30. The van der Waals surface area contributed by atoms with Gasteiger partial charge in [0.25, 0.3) is 11.6 Å². The number of aryl methyl sites for hydroxylation is 1. The van der Waals surface area contributed by atoms with E-state index >= 15 is 0 Å². The van der Waals surface area contributed by atoms with Crippen LogP contribution in [0.1, 0.15) is 27.7 Å². The number of hydrogen-bond donors (Lipinski definition) is 1. The van der Waals surface area contributed by atoms with E-state index < -0.39 is 4.92 Å². The summed E-state index contributed by atoms with van der Waals surface area (Å²) in [7, 11) is 0. The SMILES string of the molecule is Cc1ncc([N+](=O)[O-])cc1C(=O)N1CCNCC1c1cccc(F)c1.Cl. The number of halogens is 2. The zero-order valence-electron chi connectivity index (χ0n) is 14.0. The maximum atomic E-state index is 13.6. The fourth-order valence-corrected chi connectivity index (χ4v) is 2.95. The molecule has 1 saturated heterocycles. The average molecular weight is 381 g/mol. The Morgan fingerprint density at radius 3 is 2.88 bits per heavy atom. The molecule has 0 aliphatic carbocycles. The molecule has 0 radical (unpaired) electrons. The highest BCUT2D eigenvalue weighted by atomic mass is 35.5. The van der Waals surface area contributed by atoms with Gasteiger partial charge in [-0.05, 0) is 24.6 Å². The lowest BCUT2D eigenvalue weighted by atomic mass is 10.0. The highest BCUT2D eigenvalue weighted by molar-refractivity contribution is 5.96. The second kappa shape index (κ2) is 8.20. The lowest BCUT2D eigenvalue weighted by molar-refractivity contribution is -0.385. The number of nitrogens with one attached hydrogen (secondary N) is 1. The number of pyridine rings is 1. The van der Waals surface area contributed by atoms with Crippen LogP contribution in [0, 0.1) is 22.9 Å². The van der Waals surface area contributed by atoms with Crippen molar-refractivity contribution in [2.45, 2.75) is 13.0 Å². The van der Waals surface area contributed by atoms with Crippen molar-refractivity contribution in [1.82, 2.24) is 15.2 Å². The van der Waals surface area contributed by atoms with Crippen molar-refractivity contribution < 1.29 is 14.1 Å². The van der Waals surface area contributed by atoms with Gasteiger partial charge in [-0.2, -0.15) is 0 Å². The molecule has 1 aliphatic heterocycles. The Morgan fingerprint density at radius 1 is 1.42 bits per heavy atom. The third kappa shape index (κ3) is 3.97. The predicted octanol–water partition coefficient (Wildman–Crippen LogP) is 2.65. The first kappa shape index (κ1) is 19.7. The Bertz CT molecular complexity index is 833. The van der Waals surface area contributed by atoms with Crippen molar-refractivity contribution in [2.75, 3.05) is 19.6 Å². The maximum Gasteiger partial charge on any atom is 0.288 e. The standard InChI is InChI=1S/C17H17FN4O3.ClH/c1-11-15(8-14(9-20-11)22(24)25)17(23)21-6-5-19-10-16(21)12-3-2-4-13(18)7-12;/h2-4,7-9,16,19H,5-6,10H2,1H3;1H. The molecular weight excluding hydrogens is 363 g/mol. The molecule has 2 aromatic rings. The number of hydrogen-bond acceptors (Lipinski definition) is 5. The van der Waals surface area contributed by atoms with Crippen LogP contribution >= 0.6 is 12.4 Å². The van der Waals surface area contributed by atoms with Gasteiger partial charge in [-0.25, -0.2) is 4.39 Å². The number of amides is 1. The third-order valence-corrected chi connectivity index (χ3v) is 4.25. The van der Waals surface area contributed by atoms with Gasteiger partial charge < -0.3 is 10.2 Å². The number of benzene rings is 1. The summed E-state index contributed by atoms with van der Waals surface area (Å²) in [5, 5.41) is 14.2. The first-order valence-corrected chi connectivity index (χ1v) is 7.85. The van der Waals surface area contributed by atoms with Crippen LogP contribution < -0.4 is 5.32 Å². The number of piperazine rings is 1. The van der Waals surface area contributed by atoms with E-state index in [4.69, 9.17) is 0 Å². The summed E-state index contributed by atoms with van der Waals surface area (Å²) in [5.41, 5.74) is 1.06. The molecule has 1 amide bonds. The summed E-state index contributed by atoms with van der Waals surface area (Å²) in [6, 6.07) is 7.00. The van der Waals surface area contributed by atoms with Crippen molar-refractivity contribution in [3.8, 4) is 0 Å². The van der Waals surface area contributed by atoms with Crippen LogP contribution in [0.25, 0.3) is 0 Å². The van der Waals surface area contributed by atoms with E-state index in [2.05, 4.69) is 10.3 Å². The molecule has 1 atom stereocenters. The molecule has 1 unspecified atom stereocenters. The van der Waals surface area contributed by atoms with Crippen LogP contribution in [0.3, 0.4) is 0 Å². The number of rotatable bonds is 3. The van der Waals surface area contributed by atoms with E-state index in [0.29, 0.717) is 30.9 Å². The lowest BCUT2D eigenvalue weighted by Gasteiger charge is -2.36. The molecule has 9 heteroatoms. The monoisotopic (exact) mass is 380 g/mol. The van der Waals surface area contributed by atoms with Gasteiger partial charge in [0.05, 0.1) is 22.2 Å². The summed E-state index contributed by atoms with van der Waals surface area (Å²) in [6.07, 6.45) is 1.13. The molecule has 1 aliphatic rings. The molecule has 7 nitrogen and oxygen atoms in total. The van der Waals surface area contributed by atoms with Crippen molar-refractivity contribution in [3.63, 3.8) is 0 Å². The van der Waals surface area contributed by atoms with Gasteiger partial charge >= 0.3 is 0 Å². The zero-order chi connectivity index (χ0) is 18.0. The third-order valence-electron chi connectivity index (χ3n) is 4.25. The second-order valence-electron chi connectivity index (χ2n) is 5.86. The van der Waals surface area contributed by atoms with Gasteiger partial charge in [0.2, 0.25) is 0 Å². The number of carbonyl (C=O) groups excluding carboxylic acids is 1. The molecule has 0 saturated carbocycles. The van der Waals surface area contributed by atoms with Gasteiger partial charge in [-0.1, -0.05) is 12.1 Å². The van der Waals surface area contributed by atoms with E-state index in [0.717, 1.165) is 6.20 Å². The minimum atomic E-state index is -0.578. The predicted molar refractivity (Wildman–Crippen MR) is 95.9 cm³/mol. The molecule has 0 spiro atoms. The van der Waals surface area contributed by atoms with E-state index in [1.165, 1.54) is 18.2 Å². The van der Waals surface area contributed by atoms with Gasteiger partial charge in [0.1, 0.15) is 12.0 Å². The van der Waals surface area contributed by atoms with E-state index in [9.17, 15) is 19.3 Å². The average Bonchev–Trinajstić information content (AvgIpc) is 2.61. The van der Waals surface area contributed by atoms with Gasteiger partial charge in [-0.15, -0.1) is 12.4 Å². The van der Waals surface area contributed by atoms with Gasteiger partial charge in [0.15, 0.2) is 0 Å². The van der Waals surface area contributed by atoms with E-state index in [-0.39, 0.29) is 41.4 Å². The van der Waals surface area contributed by atoms with E-state index in [1.807, 2.05) is 0 Å². The molecule has 1 N–H and O–H groups in total. The summed E-state index contributed by atoms with van der Waals surface area (Å²) < 4.78 is 13.6. The molecular formula is C17H18ClFN4O3. The molecule has 0 bridgehead atoms. The second-order valence-corrected chi connectivity index (χ2v) is 5.86. The first-order valence-electron chi connectivity index (χ1n) is 7.85. The van der Waals surface area contributed by atoms with Crippen molar-refractivity contribution in [3.05, 3.63) is 69.3 Å². The molecule has 3 rings (SSSR count). The molecule has 138 valence electrons. The number of aromatic nitrogens is 1. The Labute approximate surface area is 155 Å². The topological polar surface area (TPSA) is 88.4 Å². The van der Waals surface area contributed by atoms with E-state index in [1.54, 1.807) is 24.0 Å². The molecule has 2 heterocycles. The number of nitro groups is 1. The Kier molecular flexibility index (Phi) is 6.23. The summed E-state index contributed by atoms with van der Waals surface area (Å²) in [5.74, 6) is -0.715. The lowest BCUT2D eigenvalue weighted by Crippen LogP contribution is -2.48. The van der Waals surface area contributed by atoms with Crippen LogP contribution in [0.15, 0.2) is 36.5 Å². The Morgan fingerprint density at radius 2 is 2.19 bits per heavy atom. The fourth-order valence-electron chi connectivity index (χ4n) is 2.95. The number of carbonyl (C=O) groups is 1. The summed E-state index contributed by atoms with van der Waals surface area (Å²) >= 11 is 0. The molecule has 1 aromatic carbocycles. The van der Waals surface area contributed by atoms with Crippen LogP contribution in [0.4, 0.5) is 10.1 Å². The van der Waals surface area contributed by atoms with Crippen LogP contribution in [-0.4, -0.2) is 40.3 Å². The number of nitrogens with zero attached hydrogens (tertiary/aromatic N) is 3. The smallest absolute Gasteiger partial charge is 0.288 e. The molecule has 1 aromatic heterocycles. The quantitative estimate of drug-likeness (QED) is 0.653. The van der Waals surface area contributed by atoms with Gasteiger partial charge in [-0.3, -0.25) is 19.9 Å². The minimum absolute atomic E-state index is 0. The highest BCUT2D eigenvalue weighted by Crippen LogP contribution is 2.26. The normalized spacial score (nSPS) is 16.7. The van der Waals surface area contributed by atoms with Crippen LogP contribution in [-0.2, 0) is 0 Å². The van der Waals surface area contributed by atoms with Crippen molar-refractivity contribution >= 4 is 24.0 Å². The Hall–Kier alpha value is -2.58. The summed E-state index contributed by atoms with van der Waals surface area (Å²) in [6.45, 7) is 3.13. The largest absolute Gasteiger partial charge is 0.329 e. The summed E-state index contributed by atoms with van der Waals surface area (Å²) in [4.78, 5) is 29.0. The van der Waals surface area contributed by atoms with Gasteiger partial charge in [0, 0.05) is 25.7 Å². The first-order chi connectivity index (χ1) is 12.0. The zero-order valence-corrected chi connectivity index (χ0v) is 14.8. The van der Waals surface area contributed by atoms with Crippen LogP contribution in [0.5, 0.6) is 0 Å².